The van der Waals surface area contributed by atoms with Crippen LogP contribution in [0.2, 0.25) is 0 Å². The molecule has 33 heavy (non-hydrogen) atoms. The number of hydrogen-bond donors (Lipinski definition) is 2. The fraction of sp³-hybridized carbons (Fsp3) is 0.379. The Bertz CT molecular complexity index is 963. The van der Waals surface area contributed by atoms with Crippen molar-refractivity contribution in [3.63, 3.8) is 0 Å². The normalized spacial score (nSPS) is 24.2. The molecule has 0 aliphatic carbocycles. The van der Waals surface area contributed by atoms with Crippen molar-refractivity contribution < 1.29 is 9.84 Å². The van der Waals surface area contributed by atoms with Gasteiger partial charge in [-0.3, -0.25) is 4.90 Å². The zero-order valence-electron chi connectivity index (χ0n) is 19.1. The molecule has 0 amide bonds. The van der Waals surface area contributed by atoms with E-state index >= 15 is 0 Å². The molecule has 0 spiro atoms. The Morgan fingerprint density at radius 2 is 1.45 bits per heavy atom. The summed E-state index contributed by atoms with van der Waals surface area (Å²) < 4.78 is 5.80. The summed E-state index contributed by atoms with van der Waals surface area (Å²) in [6.45, 7) is 3.48. The molecule has 3 aromatic carbocycles. The van der Waals surface area contributed by atoms with E-state index in [0.29, 0.717) is 30.5 Å². The molecule has 0 aromatic heterocycles. The molecular weight excluding hydrogens is 408 g/mol. The smallest absolute Gasteiger partial charge is 0.123 e. The van der Waals surface area contributed by atoms with Crippen molar-refractivity contribution in [2.24, 2.45) is 5.92 Å². The minimum atomic E-state index is 0.0271. The third kappa shape index (κ3) is 4.84. The van der Waals surface area contributed by atoms with E-state index in [1.807, 2.05) is 12.1 Å². The first-order valence-corrected chi connectivity index (χ1v) is 12.2. The number of piperidine rings is 3. The van der Waals surface area contributed by atoms with Gasteiger partial charge in [-0.2, -0.15) is 0 Å². The van der Waals surface area contributed by atoms with Gasteiger partial charge in [-0.05, 0) is 49.0 Å². The molecule has 3 fully saturated rings. The van der Waals surface area contributed by atoms with Crippen LogP contribution in [0.25, 0.3) is 0 Å². The lowest BCUT2D eigenvalue weighted by atomic mass is 9.70. The van der Waals surface area contributed by atoms with Crippen molar-refractivity contribution in [1.29, 1.82) is 0 Å². The highest BCUT2D eigenvalue weighted by Crippen LogP contribution is 2.42. The van der Waals surface area contributed by atoms with Gasteiger partial charge in [0.1, 0.15) is 12.4 Å². The lowest BCUT2D eigenvalue weighted by Gasteiger charge is -2.54. The Labute approximate surface area is 197 Å². The largest absolute Gasteiger partial charge is 0.491 e. The second-order valence-corrected chi connectivity index (χ2v) is 9.25. The van der Waals surface area contributed by atoms with Gasteiger partial charge in [-0.25, -0.2) is 0 Å². The molecule has 3 aromatic rings. The SMILES string of the molecule is OCCOc1ccccc1CN[C@@H]1C2CCN(CC2)[C@H]1C(c1ccccc1)c1ccccc1. The summed E-state index contributed by atoms with van der Waals surface area (Å²) >= 11 is 0. The van der Waals surface area contributed by atoms with Crippen LogP contribution >= 0.6 is 0 Å². The Hall–Kier alpha value is -2.66. The first-order chi connectivity index (χ1) is 16.3. The van der Waals surface area contributed by atoms with E-state index in [2.05, 4.69) is 83.0 Å². The van der Waals surface area contributed by atoms with E-state index < -0.39 is 0 Å². The number of nitrogens with zero attached hydrogens (tertiary/aromatic N) is 1. The highest BCUT2D eigenvalue weighted by Gasteiger charge is 2.46. The molecule has 0 saturated carbocycles. The number of nitrogens with one attached hydrogen (secondary N) is 1. The highest BCUT2D eigenvalue weighted by atomic mass is 16.5. The van der Waals surface area contributed by atoms with Crippen LogP contribution in [0, 0.1) is 5.92 Å². The van der Waals surface area contributed by atoms with Gasteiger partial charge in [0, 0.05) is 30.1 Å². The number of benzene rings is 3. The summed E-state index contributed by atoms with van der Waals surface area (Å²) in [5, 5.41) is 13.2. The molecule has 6 rings (SSSR count). The van der Waals surface area contributed by atoms with Gasteiger partial charge in [0.2, 0.25) is 0 Å². The van der Waals surface area contributed by atoms with Gasteiger partial charge >= 0.3 is 0 Å². The van der Waals surface area contributed by atoms with Crippen molar-refractivity contribution in [1.82, 2.24) is 10.2 Å². The monoisotopic (exact) mass is 442 g/mol. The van der Waals surface area contributed by atoms with Crippen LogP contribution < -0.4 is 10.1 Å². The van der Waals surface area contributed by atoms with Gasteiger partial charge in [0.15, 0.2) is 0 Å². The summed E-state index contributed by atoms with van der Waals surface area (Å²) in [6.07, 6.45) is 2.51. The number of aliphatic hydroxyl groups is 1. The van der Waals surface area contributed by atoms with Crippen LogP contribution in [0.1, 0.15) is 35.4 Å². The molecule has 172 valence electrons. The lowest BCUT2D eigenvalue weighted by molar-refractivity contribution is 0.00460. The van der Waals surface area contributed by atoms with Gasteiger partial charge in [-0.1, -0.05) is 78.9 Å². The van der Waals surface area contributed by atoms with Crippen molar-refractivity contribution in [2.75, 3.05) is 26.3 Å². The molecule has 3 aliphatic rings. The molecule has 2 N–H and O–H groups in total. The van der Waals surface area contributed by atoms with Crippen LogP contribution in [-0.4, -0.2) is 48.4 Å². The molecule has 4 heteroatoms. The summed E-state index contributed by atoms with van der Waals surface area (Å²) in [6, 6.07) is 31.0. The molecular formula is C29H34N2O2. The standard InChI is InChI=1S/C29H34N2O2/c32-19-20-33-26-14-8-7-13-25(26)21-30-28-24-15-17-31(18-16-24)29(28)27(22-9-3-1-4-10-22)23-11-5-2-6-12-23/h1-14,24,27-30,32H,15-21H2/t28-,29+/m1/s1. The maximum atomic E-state index is 9.19. The number of fused-ring (bicyclic) bond motifs is 3. The predicted molar refractivity (Wildman–Crippen MR) is 132 cm³/mol. The first kappa shape index (κ1) is 22.1. The van der Waals surface area contributed by atoms with Crippen LogP contribution in [0.15, 0.2) is 84.9 Å². The predicted octanol–water partition coefficient (Wildman–Crippen LogP) is 4.44. The molecule has 3 aliphatic heterocycles. The van der Waals surface area contributed by atoms with Crippen molar-refractivity contribution in [2.45, 2.75) is 37.4 Å². The molecule has 3 saturated heterocycles. The van der Waals surface area contributed by atoms with Crippen molar-refractivity contribution >= 4 is 0 Å². The fourth-order valence-corrected chi connectivity index (χ4v) is 5.87. The Kier molecular flexibility index (Phi) is 7.06. The first-order valence-electron chi connectivity index (χ1n) is 12.2. The van der Waals surface area contributed by atoms with E-state index in [1.165, 1.54) is 37.1 Å². The van der Waals surface area contributed by atoms with Crippen molar-refractivity contribution in [3.05, 3.63) is 102 Å². The number of ether oxygens (including phenoxy) is 1. The van der Waals surface area contributed by atoms with Gasteiger partial charge in [0.05, 0.1) is 6.61 Å². The minimum absolute atomic E-state index is 0.0271. The highest BCUT2D eigenvalue weighted by molar-refractivity contribution is 5.37. The van der Waals surface area contributed by atoms with Crippen LogP contribution in [0.4, 0.5) is 0 Å². The molecule has 4 nitrogen and oxygen atoms in total. The second-order valence-electron chi connectivity index (χ2n) is 9.25. The zero-order valence-corrected chi connectivity index (χ0v) is 19.1. The number of aliphatic hydroxyl groups excluding tert-OH is 1. The van der Waals surface area contributed by atoms with Gasteiger partial charge in [-0.15, -0.1) is 0 Å². The van der Waals surface area contributed by atoms with E-state index in [4.69, 9.17) is 4.74 Å². The Morgan fingerprint density at radius 3 is 2.09 bits per heavy atom. The molecule has 3 heterocycles. The third-order valence-corrected chi connectivity index (χ3v) is 7.38. The third-order valence-electron chi connectivity index (χ3n) is 7.38. The quantitative estimate of drug-likeness (QED) is 0.514. The maximum absolute atomic E-state index is 9.19. The fourth-order valence-electron chi connectivity index (χ4n) is 5.87. The number of para-hydroxylation sites is 1. The van der Waals surface area contributed by atoms with E-state index in [1.54, 1.807) is 0 Å². The Balaban J connectivity index is 1.45. The average Bonchev–Trinajstić information content (AvgIpc) is 2.89. The minimum Gasteiger partial charge on any atom is -0.491 e. The topological polar surface area (TPSA) is 44.7 Å². The maximum Gasteiger partial charge on any atom is 0.123 e. The average molecular weight is 443 g/mol. The Morgan fingerprint density at radius 1 is 0.848 bits per heavy atom. The summed E-state index contributed by atoms with van der Waals surface area (Å²) in [5.74, 6) is 1.87. The van der Waals surface area contributed by atoms with Gasteiger partial charge < -0.3 is 15.2 Å². The number of hydrogen-bond acceptors (Lipinski definition) is 4. The van der Waals surface area contributed by atoms with Crippen LogP contribution in [0.5, 0.6) is 5.75 Å². The van der Waals surface area contributed by atoms with Crippen LogP contribution in [0.3, 0.4) is 0 Å². The summed E-state index contributed by atoms with van der Waals surface area (Å²) in [5.41, 5.74) is 3.93. The molecule has 0 unspecified atom stereocenters. The van der Waals surface area contributed by atoms with Crippen LogP contribution in [-0.2, 0) is 6.54 Å². The molecule has 2 bridgehead atoms. The van der Waals surface area contributed by atoms with Gasteiger partial charge in [0.25, 0.3) is 0 Å². The zero-order chi connectivity index (χ0) is 22.5. The molecule has 2 atom stereocenters. The van der Waals surface area contributed by atoms with E-state index in [-0.39, 0.29) is 6.61 Å². The summed E-state index contributed by atoms with van der Waals surface area (Å²) in [7, 11) is 0. The van der Waals surface area contributed by atoms with E-state index in [0.717, 1.165) is 17.9 Å². The summed E-state index contributed by atoms with van der Waals surface area (Å²) in [4.78, 5) is 2.72. The molecule has 0 radical (unpaired) electrons. The van der Waals surface area contributed by atoms with Crippen molar-refractivity contribution in [3.8, 4) is 5.75 Å². The lowest BCUT2D eigenvalue weighted by Crippen LogP contribution is -2.64. The number of rotatable bonds is 9. The second kappa shape index (κ2) is 10.5. The van der Waals surface area contributed by atoms with E-state index in [9.17, 15) is 5.11 Å².